The van der Waals surface area contributed by atoms with Crippen molar-refractivity contribution in [1.82, 2.24) is 5.32 Å². The summed E-state index contributed by atoms with van der Waals surface area (Å²) in [5.74, 6) is -1.42. The van der Waals surface area contributed by atoms with E-state index in [9.17, 15) is 8.78 Å². The van der Waals surface area contributed by atoms with Crippen LogP contribution < -0.4 is 5.32 Å². The molecular weight excluding hydrogens is 172 g/mol. The minimum absolute atomic E-state index is 0.0564. The molecule has 3 atom stereocenters. The van der Waals surface area contributed by atoms with Crippen LogP contribution in [0.4, 0.5) is 8.78 Å². The van der Waals surface area contributed by atoms with Gasteiger partial charge in [0.15, 0.2) is 0 Å². The molecule has 2 rings (SSSR count). The van der Waals surface area contributed by atoms with Gasteiger partial charge in [-0.25, -0.2) is 8.78 Å². The zero-order valence-electron chi connectivity index (χ0n) is 8.19. The molecule has 2 aliphatic rings. The maximum atomic E-state index is 13.3. The molecule has 0 saturated carbocycles. The minimum Gasteiger partial charge on any atom is -0.306 e. The third-order valence-corrected chi connectivity index (χ3v) is 3.53. The van der Waals surface area contributed by atoms with Gasteiger partial charge in [-0.15, -0.1) is 0 Å². The first-order valence-corrected chi connectivity index (χ1v) is 5.13. The first-order chi connectivity index (χ1) is 5.99. The van der Waals surface area contributed by atoms with E-state index in [4.69, 9.17) is 0 Å². The Bertz CT molecular complexity index is 203. The highest BCUT2D eigenvalue weighted by Crippen LogP contribution is 2.43. The molecule has 0 amide bonds. The summed E-state index contributed by atoms with van der Waals surface area (Å²) in [6, 6.07) is -0.472. The van der Waals surface area contributed by atoms with Crippen LogP contribution in [0.15, 0.2) is 0 Å². The van der Waals surface area contributed by atoms with E-state index in [0.717, 1.165) is 6.42 Å². The van der Waals surface area contributed by atoms with Gasteiger partial charge in [-0.3, -0.25) is 0 Å². The Labute approximate surface area is 77.9 Å². The number of piperidine rings is 1. The van der Waals surface area contributed by atoms with Gasteiger partial charge in [0, 0.05) is 12.5 Å². The molecule has 0 aromatic carbocycles. The molecule has 0 unspecified atom stereocenters. The molecule has 0 aromatic rings. The van der Waals surface area contributed by atoms with E-state index in [1.165, 1.54) is 0 Å². The van der Waals surface area contributed by atoms with E-state index in [1.807, 2.05) is 0 Å². The van der Waals surface area contributed by atoms with Crippen molar-refractivity contribution in [2.24, 2.45) is 11.8 Å². The summed E-state index contributed by atoms with van der Waals surface area (Å²) in [6.45, 7) is 4.27. The standard InChI is InChI=1S/C10H17F2N/c1-6(2)7-3-8-5-10(11,12)9(4-7)13-8/h6-9,13H,3-5H2,1-2H3/t7-,8+,9-/m1/s1. The van der Waals surface area contributed by atoms with Crippen molar-refractivity contribution in [2.75, 3.05) is 0 Å². The molecule has 76 valence electrons. The van der Waals surface area contributed by atoms with E-state index in [2.05, 4.69) is 19.2 Å². The minimum atomic E-state index is -2.45. The number of hydrogen-bond acceptors (Lipinski definition) is 1. The molecule has 13 heavy (non-hydrogen) atoms. The Kier molecular flexibility index (Phi) is 2.10. The highest BCUT2D eigenvalue weighted by molar-refractivity contribution is 5.02. The van der Waals surface area contributed by atoms with Gasteiger partial charge in [0.05, 0.1) is 6.04 Å². The lowest BCUT2D eigenvalue weighted by Crippen LogP contribution is -2.43. The second-order valence-corrected chi connectivity index (χ2v) is 4.86. The smallest absolute Gasteiger partial charge is 0.264 e. The van der Waals surface area contributed by atoms with E-state index >= 15 is 0 Å². The molecule has 2 saturated heterocycles. The van der Waals surface area contributed by atoms with Gasteiger partial charge in [-0.2, -0.15) is 0 Å². The van der Waals surface area contributed by atoms with Crippen molar-refractivity contribution in [3.63, 3.8) is 0 Å². The molecule has 0 radical (unpaired) electrons. The fourth-order valence-corrected chi connectivity index (χ4v) is 2.64. The van der Waals surface area contributed by atoms with Gasteiger partial charge in [0.25, 0.3) is 5.92 Å². The summed E-state index contributed by atoms with van der Waals surface area (Å²) in [4.78, 5) is 0. The number of nitrogens with one attached hydrogen (secondary N) is 1. The molecular formula is C10H17F2N. The SMILES string of the molecule is CC(C)[C@@H]1C[C@H]2CC(F)(F)[C@@H](C1)N2. The van der Waals surface area contributed by atoms with Gasteiger partial charge in [0.1, 0.15) is 0 Å². The average Bonchev–Trinajstić information content (AvgIpc) is 2.21. The van der Waals surface area contributed by atoms with Gasteiger partial charge >= 0.3 is 0 Å². The largest absolute Gasteiger partial charge is 0.306 e. The molecule has 1 N–H and O–H groups in total. The molecule has 3 heteroatoms. The molecule has 2 bridgehead atoms. The zero-order chi connectivity index (χ0) is 9.64. The van der Waals surface area contributed by atoms with Crippen LogP contribution >= 0.6 is 0 Å². The van der Waals surface area contributed by atoms with Crippen LogP contribution in [0.3, 0.4) is 0 Å². The van der Waals surface area contributed by atoms with Crippen molar-refractivity contribution < 1.29 is 8.78 Å². The number of alkyl halides is 2. The van der Waals surface area contributed by atoms with Gasteiger partial charge in [-0.05, 0) is 24.7 Å². The van der Waals surface area contributed by atoms with E-state index < -0.39 is 12.0 Å². The Hall–Kier alpha value is -0.180. The number of fused-ring (bicyclic) bond motifs is 2. The molecule has 0 aromatic heterocycles. The van der Waals surface area contributed by atoms with Crippen LogP contribution in [0, 0.1) is 11.8 Å². The predicted octanol–water partition coefficient (Wildman–Crippen LogP) is 2.42. The fraction of sp³-hybridized carbons (Fsp3) is 1.00. The zero-order valence-corrected chi connectivity index (χ0v) is 8.19. The summed E-state index contributed by atoms with van der Waals surface area (Å²) < 4.78 is 26.5. The monoisotopic (exact) mass is 189 g/mol. The lowest BCUT2D eigenvalue weighted by Gasteiger charge is -2.31. The first kappa shape index (κ1) is 9.38. The normalized spacial score (nSPS) is 42.7. The molecule has 2 fully saturated rings. The highest BCUT2D eigenvalue weighted by atomic mass is 19.3. The third-order valence-electron chi connectivity index (χ3n) is 3.53. The molecule has 1 nitrogen and oxygen atoms in total. The molecule has 2 heterocycles. The second-order valence-electron chi connectivity index (χ2n) is 4.86. The third kappa shape index (κ3) is 1.58. The predicted molar refractivity (Wildman–Crippen MR) is 47.8 cm³/mol. The number of hydrogen-bond donors (Lipinski definition) is 1. The van der Waals surface area contributed by atoms with Gasteiger partial charge in [0.2, 0.25) is 0 Å². The topological polar surface area (TPSA) is 12.0 Å². The van der Waals surface area contributed by atoms with E-state index in [-0.39, 0.29) is 12.5 Å². The van der Waals surface area contributed by atoms with Crippen LogP contribution in [-0.4, -0.2) is 18.0 Å². The second kappa shape index (κ2) is 2.91. The summed E-state index contributed by atoms with van der Waals surface area (Å²) in [6.07, 6.45) is 1.64. The van der Waals surface area contributed by atoms with Gasteiger partial charge < -0.3 is 5.32 Å². The summed E-state index contributed by atoms with van der Waals surface area (Å²) >= 11 is 0. The van der Waals surface area contributed by atoms with Crippen LogP contribution in [0.25, 0.3) is 0 Å². The van der Waals surface area contributed by atoms with Crippen molar-refractivity contribution in [1.29, 1.82) is 0 Å². The summed E-state index contributed by atoms with van der Waals surface area (Å²) in [7, 11) is 0. The maximum absolute atomic E-state index is 13.3. The molecule has 0 spiro atoms. The fourth-order valence-electron chi connectivity index (χ4n) is 2.64. The highest BCUT2D eigenvalue weighted by Gasteiger charge is 2.52. The lowest BCUT2D eigenvalue weighted by molar-refractivity contribution is -0.0161. The Balaban J connectivity index is 2.08. The van der Waals surface area contributed by atoms with Crippen molar-refractivity contribution in [2.45, 2.75) is 51.1 Å². The van der Waals surface area contributed by atoms with Crippen molar-refractivity contribution in [3.8, 4) is 0 Å². The number of halogens is 2. The quantitative estimate of drug-likeness (QED) is 0.668. The average molecular weight is 189 g/mol. The van der Waals surface area contributed by atoms with E-state index in [0.29, 0.717) is 18.3 Å². The Morgan fingerprint density at radius 2 is 2.00 bits per heavy atom. The van der Waals surface area contributed by atoms with Crippen LogP contribution in [0.2, 0.25) is 0 Å². The Morgan fingerprint density at radius 1 is 1.31 bits per heavy atom. The summed E-state index contributed by atoms with van der Waals surface area (Å²) in [5, 5.41) is 3.02. The lowest BCUT2D eigenvalue weighted by atomic mass is 9.84. The van der Waals surface area contributed by atoms with Gasteiger partial charge in [-0.1, -0.05) is 13.8 Å². The Morgan fingerprint density at radius 3 is 2.54 bits per heavy atom. The molecule has 2 aliphatic heterocycles. The van der Waals surface area contributed by atoms with Crippen LogP contribution in [0.1, 0.15) is 33.1 Å². The summed E-state index contributed by atoms with van der Waals surface area (Å²) in [5.41, 5.74) is 0. The number of rotatable bonds is 1. The van der Waals surface area contributed by atoms with Crippen LogP contribution in [-0.2, 0) is 0 Å². The molecule has 0 aliphatic carbocycles. The van der Waals surface area contributed by atoms with Crippen LogP contribution in [0.5, 0.6) is 0 Å². The maximum Gasteiger partial charge on any atom is 0.264 e. The van der Waals surface area contributed by atoms with E-state index in [1.54, 1.807) is 0 Å². The van der Waals surface area contributed by atoms with Crippen molar-refractivity contribution in [3.05, 3.63) is 0 Å². The van der Waals surface area contributed by atoms with Crippen molar-refractivity contribution >= 4 is 0 Å². The first-order valence-electron chi connectivity index (χ1n) is 5.13.